The third kappa shape index (κ3) is 6.06. The third-order valence-corrected chi connectivity index (χ3v) is 5.07. The molecule has 3 atom stereocenters. The topological polar surface area (TPSA) is 96.7 Å². The summed E-state index contributed by atoms with van der Waals surface area (Å²) < 4.78 is 5.61. The number of hydrogen-bond donors (Lipinski definition) is 3. The number of hydrogen-bond acceptors (Lipinski definition) is 4. The molecular formula is C18H34N4O3. The van der Waals surface area contributed by atoms with Gasteiger partial charge >= 0.3 is 12.1 Å². The molecule has 1 aliphatic carbocycles. The lowest BCUT2D eigenvalue weighted by molar-refractivity contribution is 0.0133. The van der Waals surface area contributed by atoms with Crippen LogP contribution in [0.15, 0.2) is 0 Å². The van der Waals surface area contributed by atoms with Crippen molar-refractivity contribution in [3.8, 4) is 0 Å². The third-order valence-electron chi connectivity index (χ3n) is 5.07. The van der Waals surface area contributed by atoms with Gasteiger partial charge in [-0.15, -0.1) is 0 Å². The lowest BCUT2D eigenvalue weighted by Crippen LogP contribution is -2.51. The van der Waals surface area contributed by atoms with Gasteiger partial charge in [0.05, 0.1) is 0 Å². The first-order valence-electron chi connectivity index (χ1n) is 9.54. The van der Waals surface area contributed by atoms with Gasteiger partial charge in [0, 0.05) is 31.7 Å². The van der Waals surface area contributed by atoms with Gasteiger partial charge in [0.1, 0.15) is 5.60 Å². The summed E-state index contributed by atoms with van der Waals surface area (Å²) in [4.78, 5) is 25.3. The molecule has 2 fully saturated rings. The highest BCUT2D eigenvalue weighted by molar-refractivity contribution is 5.71. The van der Waals surface area contributed by atoms with Crippen LogP contribution in [0.2, 0.25) is 0 Å². The summed E-state index contributed by atoms with van der Waals surface area (Å²) in [5, 5.41) is 6.18. The van der Waals surface area contributed by atoms with Crippen molar-refractivity contribution in [2.75, 3.05) is 19.6 Å². The van der Waals surface area contributed by atoms with Gasteiger partial charge < -0.3 is 26.0 Å². The van der Waals surface area contributed by atoms with Crippen LogP contribution in [0.3, 0.4) is 0 Å². The lowest BCUT2D eigenvalue weighted by Gasteiger charge is -2.40. The van der Waals surface area contributed by atoms with Gasteiger partial charge in [-0.2, -0.15) is 0 Å². The number of primary amides is 1. The predicted molar refractivity (Wildman–Crippen MR) is 97.3 cm³/mol. The Bertz CT molecular complexity index is 464. The number of nitrogens with two attached hydrogens (primary N) is 1. The summed E-state index contributed by atoms with van der Waals surface area (Å²) in [6.45, 7) is 7.74. The SMILES string of the molecule is CC(C)(C)OC(=O)N1CCCC1C1CCCCC1NCCNC(N)=O. The molecule has 2 aliphatic rings. The first-order chi connectivity index (χ1) is 11.8. The Balaban J connectivity index is 1.95. The Morgan fingerprint density at radius 3 is 2.52 bits per heavy atom. The van der Waals surface area contributed by atoms with Gasteiger partial charge in [-0.3, -0.25) is 0 Å². The fourth-order valence-corrected chi connectivity index (χ4v) is 4.10. The van der Waals surface area contributed by atoms with Gasteiger partial charge in [0.2, 0.25) is 0 Å². The Morgan fingerprint density at radius 2 is 1.84 bits per heavy atom. The van der Waals surface area contributed by atoms with Crippen LogP contribution >= 0.6 is 0 Å². The van der Waals surface area contributed by atoms with E-state index in [1.165, 1.54) is 12.8 Å². The van der Waals surface area contributed by atoms with Crippen LogP contribution in [-0.2, 0) is 4.74 Å². The molecular weight excluding hydrogens is 320 g/mol. The summed E-state index contributed by atoms with van der Waals surface area (Å²) in [6, 6.07) is 0.127. The normalized spacial score (nSPS) is 27.2. The molecule has 0 aromatic heterocycles. The van der Waals surface area contributed by atoms with Gasteiger partial charge in [-0.05, 0) is 52.4 Å². The van der Waals surface area contributed by atoms with E-state index in [2.05, 4.69) is 10.6 Å². The van der Waals surface area contributed by atoms with Gasteiger partial charge in [0.25, 0.3) is 0 Å². The van der Waals surface area contributed by atoms with Crippen LogP contribution in [0.5, 0.6) is 0 Å². The minimum atomic E-state index is -0.492. The van der Waals surface area contributed by atoms with E-state index in [1.807, 2.05) is 25.7 Å². The zero-order chi connectivity index (χ0) is 18.4. The van der Waals surface area contributed by atoms with Gasteiger partial charge in [0.15, 0.2) is 0 Å². The van der Waals surface area contributed by atoms with Crippen molar-refractivity contribution in [1.82, 2.24) is 15.5 Å². The number of carbonyl (C=O) groups excluding carboxylic acids is 2. The van der Waals surface area contributed by atoms with Crippen molar-refractivity contribution in [2.45, 2.75) is 77.0 Å². The summed E-state index contributed by atoms with van der Waals surface area (Å²) in [5.41, 5.74) is 4.64. The maximum Gasteiger partial charge on any atom is 0.410 e. The fourth-order valence-electron chi connectivity index (χ4n) is 4.10. The van der Waals surface area contributed by atoms with Crippen LogP contribution in [0.4, 0.5) is 9.59 Å². The zero-order valence-electron chi connectivity index (χ0n) is 15.8. The molecule has 0 radical (unpaired) electrons. The molecule has 1 aliphatic heterocycles. The monoisotopic (exact) mass is 354 g/mol. The van der Waals surface area contributed by atoms with Crippen LogP contribution in [-0.4, -0.2) is 54.3 Å². The van der Waals surface area contributed by atoms with E-state index in [4.69, 9.17) is 10.5 Å². The Morgan fingerprint density at radius 1 is 1.12 bits per heavy atom. The molecule has 0 bridgehead atoms. The van der Waals surface area contributed by atoms with Crippen molar-refractivity contribution in [2.24, 2.45) is 11.7 Å². The quantitative estimate of drug-likeness (QED) is 0.659. The van der Waals surface area contributed by atoms with Crippen molar-refractivity contribution < 1.29 is 14.3 Å². The maximum absolute atomic E-state index is 12.6. The van der Waals surface area contributed by atoms with E-state index < -0.39 is 11.6 Å². The van der Waals surface area contributed by atoms with E-state index >= 15 is 0 Å². The van der Waals surface area contributed by atoms with Crippen LogP contribution in [0.25, 0.3) is 0 Å². The summed E-state index contributed by atoms with van der Waals surface area (Å²) in [7, 11) is 0. The molecule has 25 heavy (non-hydrogen) atoms. The molecule has 7 nitrogen and oxygen atoms in total. The molecule has 1 saturated carbocycles. The average molecular weight is 354 g/mol. The summed E-state index contributed by atoms with van der Waals surface area (Å²) in [5.74, 6) is 0.442. The first-order valence-corrected chi connectivity index (χ1v) is 9.54. The van der Waals surface area contributed by atoms with E-state index in [-0.39, 0.29) is 12.1 Å². The Hall–Kier alpha value is -1.50. The molecule has 7 heteroatoms. The molecule has 0 aromatic carbocycles. The minimum absolute atomic E-state index is 0.185. The smallest absolute Gasteiger partial charge is 0.410 e. The highest BCUT2D eigenvalue weighted by Crippen LogP contribution is 2.35. The van der Waals surface area contributed by atoms with Gasteiger partial charge in [-0.25, -0.2) is 9.59 Å². The molecule has 0 aromatic rings. The second kappa shape index (κ2) is 8.74. The largest absolute Gasteiger partial charge is 0.444 e. The number of nitrogens with zero attached hydrogens (tertiary/aromatic N) is 1. The Kier molecular flexibility index (Phi) is 6.93. The van der Waals surface area contributed by atoms with Crippen molar-refractivity contribution in [1.29, 1.82) is 0 Å². The zero-order valence-corrected chi connectivity index (χ0v) is 15.8. The van der Waals surface area contributed by atoms with Crippen molar-refractivity contribution in [3.05, 3.63) is 0 Å². The Labute approximate surface area is 151 Å². The van der Waals surface area contributed by atoms with Crippen molar-refractivity contribution in [3.63, 3.8) is 0 Å². The van der Waals surface area contributed by atoms with Crippen LogP contribution in [0, 0.1) is 5.92 Å². The highest BCUT2D eigenvalue weighted by Gasteiger charge is 2.40. The fraction of sp³-hybridized carbons (Fsp3) is 0.889. The average Bonchev–Trinajstić information content (AvgIpc) is 2.99. The molecule has 1 saturated heterocycles. The minimum Gasteiger partial charge on any atom is -0.444 e. The van der Waals surface area contributed by atoms with E-state index in [0.29, 0.717) is 25.0 Å². The van der Waals surface area contributed by atoms with E-state index in [0.717, 1.165) is 32.2 Å². The van der Waals surface area contributed by atoms with Crippen molar-refractivity contribution >= 4 is 12.1 Å². The first kappa shape index (κ1) is 19.8. The van der Waals surface area contributed by atoms with Gasteiger partial charge in [-0.1, -0.05) is 12.8 Å². The highest BCUT2D eigenvalue weighted by atomic mass is 16.6. The summed E-state index contributed by atoms with van der Waals surface area (Å²) in [6.07, 6.45) is 6.55. The van der Waals surface area contributed by atoms with E-state index in [1.54, 1.807) is 0 Å². The molecule has 144 valence electrons. The van der Waals surface area contributed by atoms with Crippen LogP contribution in [0.1, 0.15) is 59.3 Å². The maximum atomic E-state index is 12.6. The number of likely N-dealkylation sites (tertiary alicyclic amines) is 1. The standard InChI is InChI=1S/C18H34N4O3/c1-18(2,3)25-17(24)22-12-6-9-15(22)13-7-4-5-8-14(13)20-10-11-21-16(19)23/h13-15,20H,4-12H2,1-3H3,(H3,19,21,23). The number of carbonyl (C=O) groups is 2. The van der Waals surface area contributed by atoms with E-state index in [9.17, 15) is 9.59 Å². The second-order valence-corrected chi connectivity index (χ2v) is 8.18. The number of rotatable bonds is 5. The molecule has 3 unspecified atom stereocenters. The number of ether oxygens (including phenoxy) is 1. The molecule has 3 amide bonds. The molecule has 1 heterocycles. The lowest BCUT2D eigenvalue weighted by atomic mass is 9.79. The van der Waals surface area contributed by atoms with Crippen LogP contribution < -0.4 is 16.4 Å². The number of nitrogens with one attached hydrogen (secondary N) is 2. The second-order valence-electron chi connectivity index (χ2n) is 8.18. The number of urea groups is 1. The molecule has 0 spiro atoms. The summed E-state index contributed by atoms with van der Waals surface area (Å²) >= 11 is 0. The molecule has 2 rings (SSSR count). The number of amides is 3. The predicted octanol–water partition coefficient (Wildman–Crippen LogP) is 2.20. The molecule has 4 N–H and O–H groups in total.